The van der Waals surface area contributed by atoms with Crippen LogP contribution in [0.2, 0.25) is 0 Å². The molecule has 0 saturated heterocycles. The number of hydrogen-bond donors (Lipinski definition) is 3. The third kappa shape index (κ3) is 3.63. The molecule has 0 bridgehead atoms. The Labute approximate surface area is 128 Å². The highest BCUT2D eigenvalue weighted by molar-refractivity contribution is 5.97. The fraction of sp³-hybridized carbons (Fsp3) is 0.438. The molecule has 1 aliphatic carbocycles. The van der Waals surface area contributed by atoms with E-state index in [2.05, 4.69) is 10.9 Å². The second-order valence-corrected chi connectivity index (χ2v) is 5.59. The number of amides is 2. The number of carbonyl (C=O) groups is 3. The van der Waals surface area contributed by atoms with E-state index >= 15 is 0 Å². The predicted octanol–water partition coefficient (Wildman–Crippen LogP) is 1.65. The summed E-state index contributed by atoms with van der Waals surface area (Å²) in [5.41, 5.74) is 6.00. The van der Waals surface area contributed by atoms with Gasteiger partial charge in [-0.1, -0.05) is 31.0 Å². The van der Waals surface area contributed by atoms with Crippen molar-refractivity contribution in [1.82, 2.24) is 10.9 Å². The third-order valence-electron chi connectivity index (χ3n) is 4.11. The molecular weight excluding hydrogens is 284 g/mol. The number of carboxylic acids is 1. The molecule has 1 aliphatic rings. The first-order chi connectivity index (χ1) is 10.5. The number of aliphatic carboxylic acids is 1. The second-order valence-electron chi connectivity index (χ2n) is 5.59. The zero-order chi connectivity index (χ0) is 16.1. The van der Waals surface area contributed by atoms with Gasteiger partial charge in [0.1, 0.15) is 0 Å². The van der Waals surface area contributed by atoms with Crippen molar-refractivity contribution in [1.29, 1.82) is 0 Å². The van der Waals surface area contributed by atoms with Gasteiger partial charge in [0.2, 0.25) is 5.91 Å². The van der Waals surface area contributed by atoms with E-state index in [1.165, 1.54) is 0 Å². The standard InChI is InChI=1S/C16H20N2O4/c1-10-6-2-3-7-11(10)14(19)17-18-15(20)12-8-4-5-9-13(12)16(21)22/h2-3,6-7,12-13H,4-5,8-9H2,1H3,(H,17,19)(H,18,20)(H,21,22)/t12?,13-/m0/s1. The van der Waals surface area contributed by atoms with Gasteiger partial charge >= 0.3 is 5.97 Å². The van der Waals surface area contributed by atoms with Gasteiger partial charge < -0.3 is 5.11 Å². The fourth-order valence-electron chi connectivity index (χ4n) is 2.85. The van der Waals surface area contributed by atoms with E-state index in [1.54, 1.807) is 25.1 Å². The van der Waals surface area contributed by atoms with Gasteiger partial charge in [0, 0.05) is 5.56 Å². The molecule has 1 saturated carbocycles. The van der Waals surface area contributed by atoms with Crippen LogP contribution in [0.15, 0.2) is 24.3 Å². The predicted molar refractivity (Wildman–Crippen MR) is 79.9 cm³/mol. The maximum Gasteiger partial charge on any atom is 0.307 e. The molecule has 0 heterocycles. The number of aryl methyl sites for hydroxylation is 1. The highest BCUT2D eigenvalue weighted by Gasteiger charge is 2.35. The minimum absolute atomic E-state index is 0.408. The topological polar surface area (TPSA) is 95.5 Å². The smallest absolute Gasteiger partial charge is 0.307 e. The Morgan fingerprint density at radius 3 is 2.32 bits per heavy atom. The summed E-state index contributed by atoms with van der Waals surface area (Å²) in [5.74, 6) is -3.07. The maximum atomic E-state index is 12.1. The van der Waals surface area contributed by atoms with Crippen LogP contribution in [0.5, 0.6) is 0 Å². The van der Waals surface area contributed by atoms with Gasteiger partial charge in [-0.15, -0.1) is 0 Å². The van der Waals surface area contributed by atoms with Crippen LogP contribution in [0, 0.1) is 18.8 Å². The Morgan fingerprint density at radius 1 is 1.05 bits per heavy atom. The summed E-state index contributed by atoms with van der Waals surface area (Å²) >= 11 is 0. The van der Waals surface area contributed by atoms with Crippen molar-refractivity contribution in [3.63, 3.8) is 0 Å². The maximum absolute atomic E-state index is 12.1. The van der Waals surface area contributed by atoms with Gasteiger partial charge in [0.05, 0.1) is 11.8 Å². The molecule has 2 amide bonds. The molecule has 0 aromatic heterocycles. The van der Waals surface area contributed by atoms with Gasteiger partial charge in [0.25, 0.3) is 5.91 Å². The first-order valence-corrected chi connectivity index (χ1v) is 7.39. The summed E-state index contributed by atoms with van der Waals surface area (Å²) in [6.07, 6.45) is 2.67. The zero-order valence-electron chi connectivity index (χ0n) is 12.5. The van der Waals surface area contributed by atoms with Crippen LogP contribution >= 0.6 is 0 Å². The molecule has 2 atom stereocenters. The molecule has 118 valence electrons. The van der Waals surface area contributed by atoms with Crippen LogP contribution in [-0.2, 0) is 9.59 Å². The lowest BCUT2D eigenvalue weighted by Gasteiger charge is -2.27. The molecule has 0 aliphatic heterocycles. The van der Waals surface area contributed by atoms with Crippen molar-refractivity contribution >= 4 is 17.8 Å². The SMILES string of the molecule is Cc1ccccc1C(=O)NNC(=O)C1CCCC[C@@H]1C(=O)O. The largest absolute Gasteiger partial charge is 0.481 e. The Bertz CT molecular complexity index is 585. The highest BCUT2D eigenvalue weighted by Crippen LogP contribution is 2.30. The first kappa shape index (κ1) is 16.0. The Morgan fingerprint density at radius 2 is 1.68 bits per heavy atom. The molecule has 1 fully saturated rings. The van der Waals surface area contributed by atoms with E-state index in [0.717, 1.165) is 18.4 Å². The summed E-state index contributed by atoms with van der Waals surface area (Å²) in [6, 6.07) is 7.03. The monoisotopic (exact) mass is 304 g/mol. The summed E-state index contributed by atoms with van der Waals surface area (Å²) < 4.78 is 0. The molecule has 1 aromatic carbocycles. The van der Waals surface area contributed by atoms with Gasteiger partial charge in [-0.3, -0.25) is 25.2 Å². The summed E-state index contributed by atoms with van der Waals surface area (Å²) in [6.45, 7) is 1.80. The number of hydrazine groups is 1. The van der Waals surface area contributed by atoms with E-state index in [0.29, 0.717) is 18.4 Å². The molecule has 1 aromatic rings. The van der Waals surface area contributed by atoms with E-state index in [1.807, 2.05) is 6.07 Å². The molecule has 2 rings (SSSR count). The lowest BCUT2D eigenvalue weighted by molar-refractivity contribution is -0.149. The zero-order valence-corrected chi connectivity index (χ0v) is 12.5. The van der Waals surface area contributed by atoms with Gasteiger partial charge in [-0.25, -0.2) is 0 Å². The van der Waals surface area contributed by atoms with Gasteiger partial charge in [-0.05, 0) is 31.4 Å². The van der Waals surface area contributed by atoms with Crippen LogP contribution in [-0.4, -0.2) is 22.9 Å². The molecule has 3 N–H and O–H groups in total. The van der Waals surface area contributed by atoms with E-state index in [9.17, 15) is 19.5 Å². The number of benzene rings is 1. The van der Waals surface area contributed by atoms with Crippen molar-refractivity contribution in [2.75, 3.05) is 0 Å². The number of rotatable bonds is 3. The average Bonchev–Trinajstić information content (AvgIpc) is 2.52. The van der Waals surface area contributed by atoms with Crippen molar-refractivity contribution in [2.24, 2.45) is 11.8 Å². The number of carbonyl (C=O) groups excluding carboxylic acids is 2. The van der Waals surface area contributed by atoms with Crippen molar-refractivity contribution in [3.8, 4) is 0 Å². The lowest BCUT2D eigenvalue weighted by atomic mass is 9.79. The number of carboxylic acid groups (broad SMARTS) is 1. The van der Waals surface area contributed by atoms with E-state index < -0.39 is 29.6 Å². The fourth-order valence-corrected chi connectivity index (χ4v) is 2.85. The average molecular weight is 304 g/mol. The van der Waals surface area contributed by atoms with Gasteiger partial charge in [0.15, 0.2) is 0 Å². The summed E-state index contributed by atoms with van der Waals surface area (Å²) in [7, 11) is 0. The van der Waals surface area contributed by atoms with Crippen LogP contribution in [0.1, 0.15) is 41.6 Å². The third-order valence-corrected chi connectivity index (χ3v) is 4.11. The minimum atomic E-state index is -0.954. The Kier molecular flexibility index (Phi) is 5.14. The molecule has 0 radical (unpaired) electrons. The van der Waals surface area contributed by atoms with Crippen LogP contribution in [0.4, 0.5) is 0 Å². The number of hydrogen-bond acceptors (Lipinski definition) is 3. The minimum Gasteiger partial charge on any atom is -0.481 e. The van der Waals surface area contributed by atoms with Crippen LogP contribution in [0.3, 0.4) is 0 Å². The normalized spacial score (nSPS) is 21.0. The van der Waals surface area contributed by atoms with E-state index in [-0.39, 0.29) is 0 Å². The molecule has 0 spiro atoms. The lowest BCUT2D eigenvalue weighted by Crippen LogP contribution is -2.48. The van der Waals surface area contributed by atoms with Crippen molar-refractivity contribution in [2.45, 2.75) is 32.6 Å². The first-order valence-electron chi connectivity index (χ1n) is 7.39. The van der Waals surface area contributed by atoms with Crippen LogP contribution < -0.4 is 10.9 Å². The summed E-state index contributed by atoms with van der Waals surface area (Å²) in [5, 5.41) is 9.18. The molecule has 6 heteroatoms. The number of nitrogens with one attached hydrogen (secondary N) is 2. The quantitative estimate of drug-likeness (QED) is 0.740. The Balaban J connectivity index is 1.96. The Hall–Kier alpha value is -2.37. The van der Waals surface area contributed by atoms with Crippen LogP contribution in [0.25, 0.3) is 0 Å². The molecule has 6 nitrogen and oxygen atoms in total. The molecular formula is C16H20N2O4. The highest BCUT2D eigenvalue weighted by atomic mass is 16.4. The van der Waals surface area contributed by atoms with Crippen molar-refractivity contribution < 1.29 is 19.5 Å². The second kappa shape index (κ2) is 7.06. The van der Waals surface area contributed by atoms with Crippen molar-refractivity contribution in [3.05, 3.63) is 35.4 Å². The molecule has 1 unspecified atom stereocenters. The van der Waals surface area contributed by atoms with Gasteiger partial charge in [-0.2, -0.15) is 0 Å². The van der Waals surface area contributed by atoms with E-state index in [4.69, 9.17) is 0 Å². The molecule has 22 heavy (non-hydrogen) atoms. The summed E-state index contributed by atoms with van der Waals surface area (Å²) in [4.78, 5) is 35.4.